The quantitative estimate of drug-likeness (QED) is 0.625. The van der Waals surface area contributed by atoms with Crippen LogP contribution < -0.4 is 15.4 Å². The van der Waals surface area contributed by atoms with Gasteiger partial charge in [-0.05, 0) is 67.5 Å². The molecule has 8 heteroatoms. The smallest absolute Gasteiger partial charge is 0.241 e. The van der Waals surface area contributed by atoms with Crippen molar-refractivity contribution < 1.29 is 18.0 Å². The molecule has 0 saturated carbocycles. The SMILES string of the molecule is Cc1ccc(S(=O)(=O)NCC(=O)NCC(=O)NC2CCCc3ccccc32)cc1C. The monoisotopic (exact) mass is 429 g/mol. The third kappa shape index (κ3) is 5.46. The summed E-state index contributed by atoms with van der Waals surface area (Å²) in [5.41, 5.74) is 4.19. The Balaban J connectivity index is 1.48. The van der Waals surface area contributed by atoms with Gasteiger partial charge in [0.05, 0.1) is 24.0 Å². The lowest BCUT2D eigenvalue weighted by molar-refractivity contribution is -0.125. The zero-order valence-electron chi connectivity index (χ0n) is 17.2. The van der Waals surface area contributed by atoms with E-state index < -0.39 is 22.5 Å². The Hall–Kier alpha value is -2.71. The van der Waals surface area contributed by atoms with Gasteiger partial charge in [-0.3, -0.25) is 9.59 Å². The van der Waals surface area contributed by atoms with E-state index in [4.69, 9.17) is 0 Å². The third-order valence-electron chi connectivity index (χ3n) is 5.36. The average Bonchev–Trinajstić information content (AvgIpc) is 2.73. The Morgan fingerprint density at radius 1 is 1.00 bits per heavy atom. The number of carbonyl (C=O) groups is 2. The summed E-state index contributed by atoms with van der Waals surface area (Å²) in [4.78, 5) is 24.4. The fourth-order valence-electron chi connectivity index (χ4n) is 3.52. The number of aryl methyl sites for hydroxylation is 3. The number of hydrogen-bond donors (Lipinski definition) is 3. The molecule has 0 heterocycles. The molecule has 30 heavy (non-hydrogen) atoms. The molecular weight excluding hydrogens is 402 g/mol. The van der Waals surface area contributed by atoms with Gasteiger partial charge in [-0.25, -0.2) is 13.1 Å². The molecule has 0 aliphatic heterocycles. The van der Waals surface area contributed by atoms with Crippen molar-refractivity contribution in [2.45, 2.75) is 44.0 Å². The molecule has 2 amide bonds. The van der Waals surface area contributed by atoms with Crippen LogP contribution in [0.4, 0.5) is 0 Å². The van der Waals surface area contributed by atoms with Crippen molar-refractivity contribution in [3.05, 3.63) is 64.7 Å². The number of hydrogen-bond acceptors (Lipinski definition) is 4. The van der Waals surface area contributed by atoms with Crippen LogP contribution in [0.25, 0.3) is 0 Å². The molecule has 3 N–H and O–H groups in total. The van der Waals surface area contributed by atoms with Gasteiger partial charge in [0.25, 0.3) is 0 Å². The summed E-state index contributed by atoms with van der Waals surface area (Å²) in [6.07, 6.45) is 2.85. The van der Waals surface area contributed by atoms with Crippen LogP contribution >= 0.6 is 0 Å². The van der Waals surface area contributed by atoms with Gasteiger partial charge in [0.15, 0.2) is 0 Å². The van der Waals surface area contributed by atoms with Crippen molar-refractivity contribution in [3.63, 3.8) is 0 Å². The van der Waals surface area contributed by atoms with Crippen LogP contribution in [-0.4, -0.2) is 33.3 Å². The van der Waals surface area contributed by atoms with Crippen molar-refractivity contribution in [2.24, 2.45) is 0 Å². The van der Waals surface area contributed by atoms with E-state index in [1.165, 1.54) is 11.6 Å². The molecule has 0 fully saturated rings. The predicted octanol–water partition coefficient (Wildman–Crippen LogP) is 1.89. The molecule has 0 spiro atoms. The summed E-state index contributed by atoms with van der Waals surface area (Å²) >= 11 is 0. The highest BCUT2D eigenvalue weighted by Gasteiger charge is 2.22. The highest BCUT2D eigenvalue weighted by atomic mass is 32.2. The van der Waals surface area contributed by atoms with E-state index in [-0.39, 0.29) is 23.4 Å². The van der Waals surface area contributed by atoms with Gasteiger partial charge in [-0.15, -0.1) is 0 Å². The van der Waals surface area contributed by atoms with Crippen molar-refractivity contribution in [1.29, 1.82) is 0 Å². The van der Waals surface area contributed by atoms with Gasteiger partial charge < -0.3 is 10.6 Å². The predicted molar refractivity (Wildman–Crippen MR) is 114 cm³/mol. The number of carbonyl (C=O) groups excluding carboxylic acids is 2. The number of sulfonamides is 1. The minimum atomic E-state index is -3.80. The molecular formula is C22H27N3O4S. The largest absolute Gasteiger partial charge is 0.348 e. The summed E-state index contributed by atoms with van der Waals surface area (Å²) in [5.74, 6) is -0.872. The molecule has 1 aliphatic carbocycles. The van der Waals surface area contributed by atoms with E-state index in [9.17, 15) is 18.0 Å². The lowest BCUT2D eigenvalue weighted by Crippen LogP contribution is -2.43. The molecule has 2 aromatic rings. The van der Waals surface area contributed by atoms with Crippen LogP contribution in [0.2, 0.25) is 0 Å². The van der Waals surface area contributed by atoms with Crippen LogP contribution in [0.3, 0.4) is 0 Å². The van der Waals surface area contributed by atoms with Crippen molar-refractivity contribution in [3.8, 4) is 0 Å². The number of fused-ring (bicyclic) bond motifs is 1. The van der Waals surface area contributed by atoms with Crippen LogP contribution in [0.5, 0.6) is 0 Å². The van der Waals surface area contributed by atoms with E-state index in [1.54, 1.807) is 12.1 Å². The van der Waals surface area contributed by atoms with Gasteiger partial charge >= 0.3 is 0 Å². The molecule has 1 aliphatic rings. The first-order chi connectivity index (χ1) is 14.3. The van der Waals surface area contributed by atoms with E-state index in [0.29, 0.717) is 0 Å². The van der Waals surface area contributed by atoms with E-state index in [0.717, 1.165) is 36.0 Å². The van der Waals surface area contributed by atoms with Gasteiger partial charge in [0.1, 0.15) is 0 Å². The number of benzene rings is 2. The van der Waals surface area contributed by atoms with Crippen LogP contribution in [-0.2, 0) is 26.0 Å². The first kappa shape index (κ1) is 22.0. The average molecular weight is 430 g/mol. The van der Waals surface area contributed by atoms with Gasteiger partial charge in [-0.2, -0.15) is 0 Å². The molecule has 1 unspecified atom stereocenters. The Morgan fingerprint density at radius 2 is 1.77 bits per heavy atom. The minimum absolute atomic E-state index is 0.0670. The molecule has 7 nitrogen and oxygen atoms in total. The molecule has 3 rings (SSSR count). The van der Waals surface area contributed by atoms with E-state index >= 15 is 0 Å². The lowest BCUT2D eigenvalue weighted by atomic mass is 9.88. The Morgan fingerprint density at radius 3 is 2.53 bits per heavy atom. The molecule has 2 aromatic carbocycles. The second-order valence-corrected chi connectivity index (χ2v) is 9.33. The maximum atomic E-state index is 12.3. The van der Waals surface area contributed by atoms with E-state index in [2.05, 4.69) is 21.4 Å². The van der Waals surface area contributed by atoms with Crippen LogP contribution in [0.1, 0.15) is 41.1 Å². The fourth-order valence-corrected chi connectivity index (χ4v) is 4.58. The summed E-state index contributed by atoms with van der Waals surface area (Å²) in [5, 5.41) is 5.41. The molecule has 0 saturated heterocycles. The van der Waals surface area contributed by atoms with Crippen LogP contribution in [0.15, 0.2) is 47.4 Å². The van der Waals surface area contributed by atoms with Gasteiger partial charge in [0.2, 0.25) is 21.8 Å². The first-order valence-electron chi connectivity index (χ1n) is 9.97. The molecule has 1 atom stereocenters. The van der Waals surface area contributed by atoms with E-state index in [1.807, 2.05) is 32.0 Å². The second kappa shape index (κ2) is 9.40. The maximum absolute atomic E-state index is 12.3. The molecule has 160 valence electrons. The number of nitrogens with one attached hydrogen (secondary N) is 3. The Labute approximate surface area is 177 Å². The highest BCUT2D eigenvalue weighted by molar-refractivity contribution is 7.89. The molecule has 0 aromatic heterocycles. The summed E-state index contributed by atoms with van der Waals surface area (Å²) in [7, 11) is -3.80. The number of rotatable bonds is 7. The summed E-state index contributed by atoms with van der Waals surface area (Å²) < 4.78 is 27.0. The topological polar surface area (TPSA) is 104 Å². The Kier molecular flexibility index (Phi) is 6.89. The standard InChI is InChI=1S/C22H27N3O4S/c1-15-10-11-18(12-16(15)2)30(28,29)24-14-21(26)23-13-22(27)25-20-9-5-7-17-6-3-4-8-19(17)20/h3-4,6,8,10-12,20,24H,5,7,9,13-14H2,1-2H3,(H,23,26)(H,25,27). The maximum Gasteiger partial charge on any atom is 0.241 e. The third-order valence-corrected chi connectivity index (χ3v) is 6.76. The minimum Gasteiger partial charge on any atom is -0.348 e. The van der Waals surface area contributed by atoms with Gasteiger partial charge in [0, 0.05) is 0 Å². The van der Waals surface area contributed by atoms with Crippen molar-refractivity contribution in [2.75, 3.05) is 13.1 Å². The van der Waals surface area contributed by atoms with Crippen molar-refractivity contribution >= 4 is 21.8 Å². The normalized spacial score (nSPS) is 15.9. The Bertz CT molecular complexity index is 1050. The first-order valence-corrected chi connectivity index (χ1v) is 11.5. The fraction of sp³-hybridized carbons (Fsp3) is 0.364. The van der Waals surface area contributed by atoms with Crippen molar-refractivity contribution in [1.82, 2.24) is 15.4 Å². The second-order valence-electron chi connectivity index (χ2n) is 7.56. The summed E-state index contributed by atoms with van der Waals surface area (Å²) in [6.45, 7) is 3.08. The number of amides is 2. The zero-order chi connectivity index (χ0) is 21.7. The van der Waals surface area contributed by atoms with Crippen LogP contribution in [0, 0.1) is 13.8 Å². The van der Waals surface area contributed by atoms with Gasteiger partial charge in [-0.1, -0.05) is 30.3 Å². The lowest BCUT2D eigenvalue weighted by Gasteiger charge is -2.26. The molecule has 0 radical (unpaired) electrons. The summed E-state index contributed by atoms with van der Waals surface area (Å²) in [6, 6.07) is 12.7. The molecule has 0 bridgehead atoms. The highest BCUT2D eigenvalue weighted by Crippen LogP contribution is 2.29. The zero-order valence-corrected chi connectivity index (χ0v) is 18.0.